The smallest absolute Gasteiger partial charge is 0.321 e. The van der Waals surface area contributed by atoms with Crippen molar-refractivity contribution >= 4 is 17.6 Å². The molecular weight excluding hydrogens is 213 g/mol. The molecule has 0 spiro atoms. The zero-order valence-corrected chi connectivity index (χ0v) is 8.71. The summed E-state index contributed by atoms with van der Waals surface area (Å²) in [6.07, 6.45) is 0. The molecule has 0 heterocycles. The average molecular weight is 225 g/mol. The molecule has 5 nitrogen and oxygen atoms in total. The minimum atomic E-state index is -0.578. The molecule has 0 aliphatic heterocycles. The quantitative estimate of drug-likeness (QED) is 0.709. The number of benzene rings is 1. The van der Waals surface area contributed by atoms with Gasteiger partial charge in [-0.2, -0.15) is 0 Å². The van der Waals surface area contributed by atoms with E-state index in [0.717, 1.165) is 0 Å². The first-order valence-electron chi connectivity index (χ1n) is 4.63. The fraction of sp³-hybridized carbons (Fsp3) is 0.200. The minimum absolute atomic E-state index is 0.100. The molecule has 3 amide bonds. The Labute approximate surface area is 92.0 Å². The van der Waals surface area contributed by atoms with Crippen LogP contribution in [0, 0.1) is 5.82 Å². The van der Waals surface area contributed by atoms with Crippen LogP contribution in [0.15, 0.2) is 24.3 Å². The van der Waals surface area contributed by atoms with Gasteiger partial charge in [-0.1, -0.05) is 6.07 Å². The third-order valence-electron chi connectivity index (χ3n) is 1.76. The van der Waals surface area contributed by atoms with Crippen LogP contribution < -0.4 is 16.0 Å². The molecule has 0 atom stereocenters. The van der Waals surface area contributed by atoms with Gasteiger partial charge < -0.3 is 10.6 Å². The summed E-state index contributed by atoms with van der Waals surface area (Å²) in [6, 6.07) is 5.12. The maximum Gasteiger partial charge on any atom is 0.321 e. The lowest BCUT2D eigenvalue weighted by Crippen LogP contribution is -2.40. The second-order valence-corrected chi connectivity index (χ2v) is 2.99. The molecule has 0 bridgehead atoms. The molecular formula is C10H12FN3O2. The van der Waals surface area contributed by atoms with Crippen molar-refractivity contribution in [3.8, 4) is 0 Å². The van der Waals surface area contributed by atoms with E-state index in [2.05, 4.69) is 16.0 Å². The number of rotatable bonds is 3. The fourth-order valence-electron chi connectivity index (χ4n) is 1.01. The van der Waals surface area contributed by atoms with Gasteiger partial charge in [-0.15, -0.1) is 0 Å². The highest BCUT2D eigenvalue weighted by Gasteiger charge is 2.05. The van der Waals surface area contributed by atoms with Crippen LogP contribution in [-0.2, 0) is 4.79 Å². The summed E-state index contributed by atoms with van der Waals surface area (Å²) in [4.78, 5) is 21.9. The van der Waals surface area contributed by atoms with Gasteiger partial charge in [0, 0.05) is 12.7 Å². The number of nitrogens with one attached hydrogen (secondary N) is 3. The molecule has 3 N–H and O–H groups in total. The maximum absolute atomic E-state index is 12.8. The highest BCUT2D eigenvalue weighted by atomic mass is 19.1. The van der Waals surface area contributed by atoms with Gasteiger partial charge in [-0.3, -0.25) is 10.1 Å². The highest BCUT2D eigenvalue weighted by Crippen LogP contribution is 2.07. The highest BCUT2D eigenvalue weighted by molar-refractivity contribution is 5.96. The van der Waals surface area contributed by atoms with Gasteiger partial charge in [0.2, 0.25) is 5.91 Å². The molecule has 6 heteroatoms. The maximum atomic E-state index is 12.8. The van der Waals surface area contributed by atoms with Crippen molar-refractivity contribution in [2.24, 2.45) is 0 Å². The van der Waals surface area contributed by atoms with Crippen LogP contribution in [0.5, 0.6) is 0 Å². The number of hydrogen-bond acceptors (Lipinski definition) is 3. The number of imide groups is 1. The molecule has 0 saturated heterocycles. The zero-order chi connectivity index (χ0) is 12.0. The first kappa shape index (κ1) is 12.0. The van der Waals surface area contributed by atoms with Gasteiger partial charge in [-0.25, -0.2) is 9.18 Å². The van der Waals surface area contributed by atoms with Crippen LogP contribution in [0.1, 0.15) is 0 Å². The molecule has 0 aromatic heterocycles. The number of carbonyl (C=O) groups excluding carboxylic acids is 2. The molecule has 0 unspecified atom stereocenters. The summed E-state index contributed by atoms with van der Waals surface area (Å²) in [7, 11) is 1.41. The second-order valence-electron chi connectivity index (χ2n) is 2.99. The monoisotopic (exact) mass is 225 g/mol. The molecule has 0 fully saturated rings. The van der Waals surface area contributed by atoms with E-state index >= 15 is 0 Å². The Morgan fingerprint density at radius 2 is 2.12 bits per heavy atom. The molecule has 86 valence electrons. The molecule has 0 radical (unpaired) electrons. The van der Waals surface area contributed by atoms with E-state index < -0.39 is 17.8 Å². The standard InChI is InChI=1S/C10H12FN3O2/c1-12-10(16)14-9(15)6-13-8-4-2-3-7(11)5-8/h2-5,13H,6H2,1H3,(H2,12,14,15,16). The van der Waals surface area contributed by atoms with E-state index in [1.807, 2.05) is 0 Å². The van der Waals surface area contributed by atoms with Gasteiger partial charge in [0.1, 0.15) is 5.82 Å². The van der Waals surface area contributed by atoms with Gasteiger partial charge in [-0.05, 0) is 18.2 Å². The van der Waals surface area contributed by atoms with Crippen LogP contribution in [-0.4, -0.2) is 25.5 Å². The number of anilines is 1. The van der Waals surface area contributed by atoms with Crippen LogP contribution in [0.25, 0.3) is 0 Å². The summed E-state index contributed by atoms with van der Waals surface area (Å²) in [5, 5.41) is 7.00. The van der Waals surface area contributed by atoms with Crippen LogP contribution in [0.2, 0.25) is 0 Å². The molecule has 0 aliphatic carbocycles. The lowest BCUT2D eigenvalue weighted by Gasteiger charge is -2.06. The van der Waals surface area contributed by atoms with Gasteiger partial charge >= 0.3 is 6.03 Å². The lowest BCUT2D eigenvalue weighted by atomic mass is 10.3. The SMILES string of the molecule is CNC(=O)NC(=O)CNc1cccc(F)c1. The van der Waals surface area contributed by atoms with Crippen molar-refractivity contribution in [2.75, 3.05) is 18.9 Å². The number of hydrogen-bond donors (Lipinski definition) is 3. The molecule has 0 saturated carbocycles. The molecule has 16 heavy (non-hydrogen) atoms. The van der Waals surface area contributed by atoms with Crippen molar-refractivity contribution in [3.63, 3.8) is 0 Å². The minimum Gasteiger partial charge on any atom is -0.376 e. The van der Waals surface area contributed by atoms with E-state index in [0.29, 0.717) is 5.69 Å². The van der Waals surface area contributed by atoms with E-state index in [9.17, 15) is 14.0 Å². The Morgan fingerprint density at radius 3 is 2.75 bits per heavy atom. The molecule has 1 rings (SSSR count). The van der Waals surface area contributed by atoms with Crippen LogP contribution >= 0.6 is 0 Å². The van der Waals surface area contributed by atoms with Crippen molar-refractivity contribution < 1.29 is 14.0 Å². The Morgan fingerprint density at radius 1 is 1.38 bits per heavy atom. The molecule has 0 aliphatic rings. The van der Waals surface area contributed by atoms with Crippen molar-refractivity contribution in [1.82, 2.24) is 10.6 Å². The summed E-state index contributed by atoms with van der Waals surface area (Å²) in [5.41, 5.74) is 0.479. The number of amides is 3. The van der Waals surface area contributed by atoms with E-state index in [1.54, 1.807) is 6.07 Å². The van der Waals surface area contributed by atoms with Gasteiger partial charge in [0.15, 0.2) is 0 Å². The van der Waals surface area contributed by atoms with Gasteiger partial charge in [0.25, 0.3) is 0 Å². The van der Waals surface area contributed by atoms with E-state index in [1.165, 1.54) is 25.2 Å². The predicted molar refractivity (Wildman–Crippen MR) is 57.5 cm³/mol. The third kappa shape index (κ3) is 3.95. The lowest BCUT2D eigenvalue weighted by molar-refractivity contribution is -0.118. The Bertz CT molecular complexity index is 395. The van der Waals surface area contributed by atoms with Crippen molar-refractivity contribution in [3.05, 3.63) is 30.1 Å². The fourth-order valence-corrected chi connectivity index (χ4v) is 1.01. The second kappa shape index (κ2) is 5.69. The van der Waals surface area contributed by atoms with E-state index in [4.69, 9.17) is 0 Å². The van der Waals surface area contributed by atoms with Gasteiger partial charge in [0.05, 0.1) is 6.54 Å². The first-order valence-corrected chi connectivity index (χ1v) is 4.63. The largest absolute Gasteiger partial charge is 0.376 e. The topological polar surface area (TPSA) is 70.2 Å². The first-order chi connectivity index (χ1) is 7.61. The Kier molecular flexibility index (Phi) is 4.26. The Hall–Kier alpha value is -2.11. The van der Waals surface area contributed by atoms with Crippen molar-refractivity contribution in [1.29, 1.82) is 0 Å². The Balaban J connectivity index is 2.40. The zero-order valence-electron chi connectivity index (χ0n) is 8.71. The molecule has 1 aromatic carbocycles. The van der Waals surface area contributed by atoms with Crippen LogP contribution in [0.3, 0.4) is 0 Å². The predicted octanol–water partition coefficient (Wildman–Crippen LogP) is 0.693. The third-order valence-corrected chi connectivity index (χ3v) is 1.76. The normalized spacial score (nSPS) is 9.38. The molecule has 1 aromatic rings. The number of halogens is 1. The summed E-state index contributed by atoms with van der Waals surface area (Å²) in [6.45, 7) is -0.100. The van der Waals surface area contributed by atoms with E-state index in [-0.39, 0.29) is 6.54 Å². The average Bonchev–Trinajstić information content (AvgIpc) is 2.26. The number of carbonyl (C=O) groups is 2. The van der Waals surface area contributed by atoms with Crippen molar-refractivity contribution in [2.45, 2.75) is 0 Å². The summed E-state index contributed by atoms with van der Waals surface area (Å²) < 4.78 is 12.8. The number of urea groups is 1. The summed E-state index contributed by atoms with van der Waals surface area (Å²) in [5.74, 6) is -0.889. The van der Waals surface area contributed by atoms with Crippen LogP contribution in [0.4, 0.5) is 14.9 Å². The summed E-state index contributed by atoms with van der Waals surface area (Å²) >= 11 is 0.